The van der Waals surface area contributed by atoms with Crippen LogP contribution in [0.5, 0.6) is 0 Å². The molecule has 0 fully saturated rings. The molecule has 0 heterocycles. The molecule has 0 aliphatic carbocycles. The van der Waals surface area contributed by atoms with E-state index in [4.69, 9.17) is 29.6 Å². The Morgan fingerprint density at radius 3 is 2.47 bits per heavy atom. The molecule has 0 saturated carbocycles. The van der Waals surface area contributed by atoms with E-state index in [9.17, 15) is 4.79 Å². The first kappa shape index (κ1) is 15.7. The number of nitrogens with one attached hydrogen (secondary N) is 2. The number of carbonyl (C=O) groups is 1. The van der Waals surface area contributed by atoms with Gasteiger partial charge in [0.2, 0.25) is 5.91 Å². The van der Waals surface area contributed by atoms with E-state index < -0.39 is 0 Å². The number of hydrogen-bond acceptors (Lipinski definition) is 3. The van der Waals surface area contributed by atoms with Gasteiger partial charge in [0.05, 0.1) is 5.02 Å². The van der Waals surface area contributed by atoms with Crippen molar-refractivity contribution < 1.29 is 4.79 Å². The molecule has 4 nitrogen and oxygen atoms in total. The first-order valence-corrected chi connectivity index (χ1v) is 6.76. The highest BCUT2D eigenvalue weighted by atomic mass is 35.5. The maximum absolute atomic E-state index is 11.8. The summed E-state index contributed by atoms with van der Waals surface area (Å²) in [6, 6.07) is 4.99. The molecule has 0 spiro atoms. The molecule has 6 heteroatoms. The van der Waals surface area contributed by atoms with Crippen molar-refractivity contribution in [2.45, 2.75) is 32.9 Å². The summed E-state index contributed by atoms with van der Waals surface area (Å²) in [6.45, 7) is 5.62. The van der Waals surface area contributed by atoms with Gasteiger partial charge in [0.1, 0.15) is 11.0 Å². The minimum absolute atomic E-state index is 0.0652. The molecule has 4 N–H and O–H groups in total. The number of anilines is 1. The number of hydrogen-bond donors (Lipinski definition) is 3. The predicted molar refractivity (Wildman–Crippen MR) is 83.7 cm³/mol. The van der Waals surface area contributed by atoms with Gasteiger partial charge in [-0.2, -0.15) is 0 Å². The van der Waals surface area contributed by atoms with E-state index in [1.165, 1.54) is 0 Å². The van der Waals surface area contributed by atoms with E-state index in [1.54, 1.807) is 25.1 Å². The van der Waals surface area contributed by atoms with Gasteiger partial charge in [0, 0.05) is 17.3 Å². The van der Waals surface area contributed by atoms with Crippen LogP contribution in [0, 0.1) is 0 Å². The lowest BCUT2D eigenvalue weighted by atomic mass is 10.2. The van der Waals surface area contributed by atoms with Crippen molar-refractivity contribution in [1.29, 1.82) is 0 Å². The molecule has 1 aromatic rings. The zero-order valence-electron chi connectivity index (χ0n) is 11.2. The SMILES string of the molecule is CC(C)NC(=O)C(C)Nc1ccc(C(N)=S)c(Cl)c1. The van der Waals surface area contributed by atoms with Crippen LogP contribution in [-0.4, -0.2) is 23.0 Å². The first-order chi connectivity index (χ1) is 8.81. The maximum atomic E-state index is 11.8. The van der Waals surface area contributed by atoms with Crippen LogP contribution in [-0.2, 0) is 4.79 Å². The normalized spacial score (nSPS) is 12.1. The quantitative estimate of drug-likeness (QED) is 0.730. The molecule has 1 amide bonds. The Kier molecular flexibility index (Phi) is 5.57. The average Bonchev–Trinajstić information content (AvgIpc) is 2.27. The van der Waals surface area contributed by atoms with Gasteiger partial charge in [0.25, 0.3) is 0 Å². The molecule has 0 aliphatic heterocycles. The van der Waals surface area contributed by atoms with Gasteiger partial charge >= 0.3 is 0 Å². The molecule has 1 aromatic carbocycles. The minimum Gasteiger partial charge on any atom is -0.389 e. The highest BCUT2D eigenvalue weighted by Gasteiger charge is 2.14. The van der Waals surface area contributed by atoms with Crippen LogP contribution in [0.25, 0.3) is 0 Å². The van der Waals surface area contributed by atoms with Crippen LogP contribution in [0.15, 0.2) is 18.2 Å². The average molecular weight is 300 g/mol. The number of amides is 1. The van der Waals surface area contributed by atoms with Crippen molar-refractivity contribution in [1.82, 2.24) is 5.32 Å². The molecule has 0 saturated heterocycles. The second-order valence-corrected chi connectivity index (χ2v) is 5.44. The molecule has 0 radical (unpaired) electrons. The molecule has 19 heavy (non-hydrogen) atoms. The van der Waals surface area contributed by atoms with Crippen LogP contribution in [0.4, 0.5) is 5.69 Å². The first-order valence-electron chi connectivity index (χ1n) is 5.97. The summed E-state index contributed by atoms with van der Waals surface area (Å²) in [4.78, 5) is 12.0. The van der Waals surface area contributed by atoms with Crippen molar-refractivity contribution >= 4 is 40.4 Å². The van der Waals surface area contributed by atoms with Crippen molar-refractivity contribution in [2.75, 3.05) is 5.32 Å². The third kappa shape index (κ3) is 4.69. The second kappa shape index (κ2) is 6.73. The molecule has 0 aromatic heterocycles. The second-order valence-electron chi connectivity index (χ2n) is 4.59. The fourth-order valence-electron chi connectivity index (χ4n) is 1.53. The topological polar surface area (TPSA) is 67.2 Å². The Balaban J connectivity index is 2.75. The summed E-state index contributed by atoms with van der Waals surface area (Å²) in [5.74, 6) is -0.0652. The summed E-state index contributed by atoms with van der Waals surface area (Å²) in [6.07, 6.45) is 0. The van der Waals surface area contributed by atoms with Crippen molar-refractivity contribution in [3.8, 4) is 0 Å². The van der Waals surface area contributed by atoms with Gasteiger partial charge in [-0.25, -0.2) is 0 Å². The summed E-state index contributed by atoms with van der Waals surface area (Å²) >= 11 is 10.9. The number of halogens is 1. The molecular formula is C13H18ClN3OS. The lowest BCUT2D eigenvalue weighted by molar-refractivity contribution is -0.122. The van der Waals surface area contributed by atoms with Gasteiger partial charge in [-0.15, -0.1) is 0 Å². The molecule has 1 rings (SSSR count). The third-order valence-electron chi connectivity index (χ3n) is 2.44. The van der Waals surface area contributed by atoms with E-state index in [0.29, 0.717) is 10.6 Å². The summed E-state index contributed by atoms with van der Waals surface area (Å²) in [7, 11) is 0. The van der Waals surface area contributed by atoms with Gasteiger partial charge < -0.3 is 16.4 Å². The van der Waals surface area contributed by atoms with Crippen molar-refractivity contribution in [2.24, 2.45) is 5.73 Å². The maximum Gasteiger partial charge on any atom is 0.242 e. The van der Waals surface area contributed by atoms with Crippen LogP contribution in [0.1, 0.15) is 26.3 Å². The minimum atomic E-state index is -0.353. The Labute approximate surface area is 123 Å². The Morgan fingerprint density at radius 1 is 1.37 bits per heavy atom. The summed E-state index contributed by atoms with van der Waals surface area (Å²) in [5, 5.41) is 6.37. The molecule has 1 atom stereocenters. The van der Waals surface area contributed by atoms with Gasteiger partial charge in [-0.1, -0.05) is 23.8 Å². The highest BCUT2D eigenvalue weighted by Crippen LogP contribution is 2.21. The molecule has 1 unspecified atom stereocenters. The van der Waals surface area contributed by atoms with E-state index in [-0.39, 0.29) is 23.0 Å². The van der Waals surface area contributed by atoms with Crippen LogP contribution < -0.4 is 16.4 Å². The Bertz CT molecular complexity index is 491. The Hall–Kier alpha value is -1.33. The standard InChI is InChI=1S/C13H18ClN3OS/c1-7(2)16-13(18)8(3)17-9-4-5-10(12(15)19)11(14)6-9/h4-8,17H,1-3H3,(H2,15,19)(H,16,18). The lowest BCUT2D eigenvalue weighted by Gasteiger charge is -2.17. The van der Waals surface area contributed by atoms with E-state index >= 15 is 0 Å². The number of carbonyl (C=O) groups excluding carboxylic acids is 1. The van der Waals surface area contributed by atoms with Crippen LogP contribution >= 0.6 is 23.8 Å². The largest absolute Gasteiger partial charge is 0.389 e. The van der Waals surface area contributed by atoms with Crippen molar-refractivity contribution in [3.05, 3.63) is 28.8 Å². The van der Waals surface area contributed by atoms with Gasteiger partial charge in [-0.05, 0) is 39.0 Å². The van der Waals surface area contributed by atoms with Gasteiger partial charge in [-0.3, -0.25) is 4.79 Å². The number of thiocarbonyl (C=S) groups is 1. The zero-order valence-corrected chi connectivity index (χ0v) is 12.7. The monoisotopic (exact) mass is 299 g/mol. The van der Waals surface area contributed by atoms with E-state index in [2.05, 4.69) is 10.6 Å². The predicted octanol–water partition coefficient (Wildman–Crippen LogP) is 2.30. The smallest absolute Gasteiger partial charge is 0.242 e. The zero-order chi connectivity index (χ0) is 14.6. The summed E-state index contributed by atoms with van der Waals surface area (Å²) in [5.41, 5.74) is 6.90. The number of nitrogens with two attached hydrogens (primary N) is 1. The number of benzene rings is 1. The van der Waals surface area contributed by atoms with E-state index in [1.807, 2.05) is 13.8 Å². The van der Waals surface area contributed by atoms with Gasteiger partial charge in [0.15, 0.2) is 0 Å². The molecule has 0 aliphatic rings. The third-order valence-corrected chi connectivity index (χ3v) is 2.97. The fourth-order valence-corrected chi connectivity index (χ4v) is 2.05. The molecular weight excluding hydrogens is 282 g/mol. The number of rotatable bonds is 5. The van der Waals surface area contributed by atoms with Crippen molar-refractivity contribution in [3.63, 3.8) is 0 Å². The molecule has 0 bridgehead atoms. The Morgan fingerprint density at radius 2 is 2.00 bits per heavy atom. The summed E-state index contributed by atoms with van der Waals surface area (Å²) < 4.78 is 0. The van der Waals surface area contributed by atoms with Crippen LogP contribution in [0.2, 0.25) is 5.02 Å². The van der Waals surface area contributed by atoms with E-state index in [0.717, 1.165) is 5.69 Å². The fraction of sp³-hybridized carbons (Fsp3) is 0.385. The lowest BCUT2D eigenvalue weighted by Crippen LogP contribution is -2.40. The van der Waals surface area contributed by atoms with Crippen LogP contribution in [0.3, 0.4) is 0 Å². The highest BCUT2D eigenvalue weighted by molar-refractivity contribution is 7.80. The molecule has 104 valence electrons.